The Kier molecular flexibility index (Phi) is 7.32. The molecule has 2 heterocycles. The van der Waals surface area contributed by atoms with Crippen molar-refractivity contribution in [3.63, 3.8) is 0 Å². The van der Waals surface area contributed by atoms with Gasteiger partial charge in [-0.1, -0.05) is 6.92 Å². The smallest absolute Gasteiger partial charge is 0.241 e. The molecule has 1 aromatic rings. The van der Waals surface area contributed by atoms with Gasteiger partial charge in [-0.3, -0.25) is 9.79 Å². The molecule has 0 atom stereocenters. The molecule has 1 aromatic heterocycles. The van der Waals surface area contributed by atoms with Crippen molar-refractivity contribution in [2.45, 2.75) is 39.0 Å². The number of hydrogen-bond acceptors (Lipinski definition) is 4. The Balaban J connectivity index is 1.67. The van der Waals surface area contributed by atoms with Crippen LogP contribution in [-0.4, -0.2) is 55.0 Å². The first kappa shape index (κ1) is 17.7. The second kappa shape index (κ2) is 9.50. The number of nitrogens with zero attached hydrogens (tertiary/aromatic N) is 3. The number of likely N-dealkylation sites (tertiary alicyclic amines) is 1. The Morgan fingerprint density at radius 3 is 2.78 bits per heavy atom. The monoisotopic (exact) mass is 337 g/mol. The van der Waals surface area contributed by atoms with E-state index in [1.165, 1.54) is 11.3 Å². The highest BCUT2D eigenvalue weighted by molar-refractivity contribution is 7.11. The fraction of sp³-hybridized carbons (Fsp3) is 0.688. The maximum atomic E-state index is 12.1. The van der Waals surface area contributed by atoms with Gasteiger partial charge in [0.2, 0.25) is 5.91 Å². The molecule has 1 aliphatic heterocycles. The maximum Gasteiger partial charge on any atom is 0.241 e. The number of aryl methyl sites for hydroxylation is 1. The molecule has 128 valence electrons. The number of carbonyl (C=O) groups is 1. The predicted octanol–water partition coefficient (Wildman–Crippen LogP) is 1.43. The maximum absolute atomic E-state index is 12.1. The van der Waals surface area contributed by atoms with Crippen LogP contribution >= 0.6 is 11.3 Å². The minimum Gasteiger partial charge on any atom is -0.356 e. The molecule has 1 saturated heterocycles. The highest BCUT2D eigenvalue weighted by Crippen LogP contribution is 2.13. The van der Waals surface area contributed by atoms with Gasteiger partial charge in [-0.05, 0) is 25.7 Å². The van der Waals surface area contributed by atoms with Crippen molar-refractivity contribution in [1.29, 1.82) is 0 Å². The molecule has 0 bridgehead atoms. The Morgan fingerprint density at radius 1 is 1.35 bits per heavy atom. The normalized spacial score (nSPS) is 15.6. The van der Waals surface area contributed by atoms with Crippen LogP contribution in [0, 0.1) is 0 Å². The molecule has 0 unspecified atom stereocenters. The van der Waals surface area contributed by atoms with Crippen LogP contribution < -0.4 is 10.6 Å². The molecule has 23 heavy (non-hydrogen) atoms. The Bertz CT molecular complexity index is 522. The number of carbonyl (C=O) groups excluding carboxylic acids is 1. The lowest BCUT2D eigenvalue weighted by Crippen LogP contribution is -2.46. The lowest BCUT2D eigenvalue weighted by molar-refractivity contribution is -0.130. The number of aliphatic imine (C=N–C) groups is 1. The zero-order valence-corrected chi connectivity index (χ0v) is 14.9. The quantitative estimate of drug-likeness (QED) is 0.608. The summed E-state index contributed by atoms with van der Waals surface area (Å²) in [6, 6.07) is 0. The van der Waals surface area contributed by atoms with E-state index in [2.05, 4.69) is 27.5 Å². The zero-order valence-electron chi connectivity index (χ0n) is 14.1. The van der Waals surface area contributed by atoms with Gasteiger partial charge in [0, 0.05) is 44.2 Å². The molecule has 7 heteroatoms. The summed E-state index contributed by atoms with van der Waals surface area (Å²) in [7, 11) is 1.72. The van der Waals surface area contributed by atoms with E-state index in [0.29, 0.717) is 12.5 Å². The molecular weight excluding hydrogens is 310 g/mol. The van der Waals surface area contributed by atoms with Crippen molar-refractivity contribution in [1.82, 2.24) is 20.5 Å². The van der Waals surface area contributed by atoms with Crippen molar-refractivity contribution in [2.75, 3.05) is 33.2 Å². The summed E-state index contributed by atoms with van der Waals surface area (Å²) >= 11 is 1.76. The Labute approximate surface area is 142 Å². The number of amides is 1. The Hall–Kier alpha value is -1.63. The third-order valence-electron chi connectivity index (χ3n) is 3.92. The van der Waals surface area contributed by atoms with Gasteiger partial charge in [-0.25, -0.2) is 4.98 Å². The van der Waals surface area contributed by atoms with Crippen LogP contribution in [0.2, 0.25) is 0 Å². The van der Waals surface area contributed by atoms with Crippen molar-refractivity contribution >= 4 is 23.2 Å². The Morgan fingerprint density at radius 2 is 2.13 bits per heavy atom. The number of thiazole rings is 1. The van der Waals surface area contributed by atoms with Gasteiger partial charge in [0.15, 0.2) is 5.96 Å². The number of piperidine rings is 1. The molecule has 0 aromatic carbocycles. The zero-order chi connectivity index (χ0) is 16.5. The third kappa shape index (κ3) is 5.82. The number of rotatable bonds is 6. The molecule has 0 saturated carbocycles. The first-order chi connectivity index (χ1) is 11.2. The van der Waals surface area contributed by atoms with Crippen LogP contribution in [0.25, 0.3) is 0 Å². The van der Waals surface area contributed by atoms with Crippen LogP contribution in [0.3, 0.4) is 0 Å². The fourth-order valence-corrected chi connectivity index (χ4v) is 3.41. The van der Waals surface area contributed by atoms with Gasteiger partial charge in [-0.2, -0.15) is 0 Å². The molecule has 6 nitrogen and oxygen atoms in total. The van der Waals surface area contributed by atoms with Crippen molar-refractivity contribution in [3.05, 3.63) is 16.1 Å². The molecule has 2 N–H and O–H groups in total. The third-order valence-corrected chi connectivity index (χ3v) is 5.12. The van der Waals surface area contributed by atoms with E-state index in [0.717, 1.165) is 50.3 Å². The number of nitrogens with one attached hydrogen (secondary N) is 2. The van der Waals surface area contributed by atoms with Crippen molar-refractivity contribution in [2.24, 2.45) is 4.99 Å². The highest BCUT2D eigenvalue weighted by atomic mass is 32.1. The van der Waals surface area contributed by atoms with E-state index in [9.17, 15) is 4.79 Å². The van der Waals surface area contributed by atoms with Gasteiger partial charge >= 0.3 is 0 Å². The summed E-state index contributed by atoms with van der Waals surface area (Å²) in [5, 5.41) is 7.47. The van der Waals surface area contributed by atoms with Gasteiger partial charge < -0.3 is 15.5 Å². The minimum atomic E-state index is 0.153. The summed E-state index contributed by atoms with van der Waals surface area (Å²) < 4.78 is 0. The molecule has 1 amide bonds. The van der Waals surface area contributed by atoms with Crippen molar-refractivity contribution in [3.8, 4) is 0 Å². The van der Waals surface area contributed by atoms with Crippen LogP contribution in [0.5, 0.6) is 0 Å². The topological polar surface area (TPSA) is 69.6 Å². The van der Waals surface area contributed by atoms with E-state index in [4.69, 9.17) is 0 Å². The summed E-state index contributed by atoms with van der Waals surface area (Å²) in [4.78, 5) is 23.9. The van der Waals surface area contributed by atoms with E-state index in [1.807, 2.05) is 11.1 Å². The standard InChI is InChI=1S/C16H27N5OS/c1-3-13-11-19-14(23-13)7-8-18-16(17-2)20-12-15(22)21-9-5-4-6-10-21/h11H,3-10,12H2,1-2H3,(H2,17,18,20). The fourth-order valence-electron chi connectivity index (χ4n) is 2.55. The summed E-state index contributed by atoms with van der Waals surface area (Å²) in [6.07, 6.45) is 7.32. The summed E-state index contributed by atoms with van der Waals surface area (Å²) in [5.74, 6) is 0.822. The number of aromatic nitrogens is 1. The number of hydrogen-bond donors (Lipinski definition) is 2. The second-order valence-corrected chi connectivity index (χ2v) is 6.82. The van der Waals surface area contributed by atoms with Crippen LogP contribution in [-0.2, 0) is 17.6 Å². The number of guanidine groups is 1. The molecule has 0 spiro atoms. The summed E-state index contributed by atoms with van der Waals surface area (Å²) in [5.41, 5.74) is 0. The average molecular weight is 337 g/mol. The lowest BCUT2D eigenvalue weighted by Gasteiger charge is -2.27. The van der Waals surface area contributed by atoms with Crippen LogP contribution in [0.1, 0.15) is 36.1 Å². The largest absolute Gasteiger partial charge is 0.356 e. The van der Waals surface area contributed by atoms with E-state index in [1.54, 1.807) is 18.4 Å². The van der Waals surface area contributed by atoms with Gasteiger partial charge in [-0.15, -0.1) is 11.3 Å². The molecule has 0 radical (unpaired) electrons. The molecule has 2 rings (SSSR count). The molecule has 0 aliphatic carbocycles. The lowest BCUT2D eigenvalue weighted by atomic mass is 10.1. The SMILES string of the molecule is CCc1cnc(CCNC(=NC)NCC(=O)N2CCCCC2)s1. The van der Waals surface area contributed by atoms with E-state index < -0.39 is 0 Å². The minimum absolute atomic E-state index is 0.153. The van der Waals surface area contributed by atoms with Crippen LogP contribution in [0.15, 0.2) is 11.2 Å². The average Bonchev–Trinajstić information content (AvgIpc) is 3.06. The predicted molar refractivity (Wildman–Crippen MR) is 95.0 cm³/mol. The van der Waals surface area contributed by atoms with Crippen LogP contribution in [0.4, 0.5) is 0 Å². The molecule has 1 fully saturated rings. The first-order valence-electron chi connectivity index (χ1n) is 8.38. The first-order valence-corrected chi connectivity index (χ1v) is 9.20. The summed E-state index contributed by atoms with van der Waals surface area (Å²) in [6.45, 7) is 4.97. The van der Waals surface area contributed by atoms with Gasteiger partial charge in [0.05, 0.1) is 11.6 Å². The second-order valence-electron chi connectivity index (χ2n) is 5.62. The highest BCUT2D eigenvalue weighted by Gasteiger charge is 2.16. The van der Waals surface area contributed by atoms with Gasteiger partial charge in [0.25, 0.3) is 0 Å². The molecular formula is C16H27N5OS. The molecule has 1 aliphatic rings. The van der Waals surface area contributed by atoms with E-state index in [-0.39, 0.29) is 5.91 Å². The van der Waals surface area contributed by atoms with Crippen molar-refractivity contribution < 1.29 is 4.79 Å². The van der Waals surface area contributed by atoms with E-state index >= 15 is 0 Å². The van der Waals surface area contributed by atoms with Gasteiger partial charge in [0.1, 0.15) is 0 Å².